The summed E-state index contributed by atoms with van der Waals surface area (Å²) in [6.45, 7) is 3.49. The number of nitrogen functional groups attached to an aromatic ring is 1. The normalized spacial score (nSPS) is 18.9. The van der Waals surface area contributed by atoms with E-state index in [2.05, 4.69) is 6.92 Å². The Morgan fingerprint density at radius 1 is 1.56 bits per heavy atom. The van der Waals surface area contributed by atoms with Crippen molar-refractivity contribution >= 4 is 17.3 Å². The molecule has 1 saturated heterocycles. The number of nitro groups is 1. The Kier molecular flexibility index (Phi) is 3.18. The first kappa shape index (κ1) is 12.3. The molecular weight excluding hydrogens is 234 g/mol. The topological polar surface area (TPSA) is 89.5 Å². The van der Waals surface area contributed by atoms with E-state index in [1.165, 1.54) is 18.2 Å². The zero-order chi connectivity index (χ0) is 13.3. The average Bonchev–Trinajstić information content (AvgIpc) is 2.75. The lowest BCUT2D eigenvalue weighted by atomic mass is 10.1. The minimum Gasteiger partial charge on any atom is -0.393 e. The lowest BCUT2D eigenvalue weighted by molar-refractivity contribution is -0.383. The van der Waals surface area contributed by atoms with Crippen molar-refractivity contribution < 1.29 is 9.72 Å². The molecule has 1 heterocycles. The first-order valence-corrected chi connectivity index (χ1v) is 5.82. The molecule has 1 aliphatic rings. The number of nitro benzene ring substituents is 1. The van der Waals surface area contributed by atoms with Gasteiger partial charge in [0.15, 0.2) is 0 Å². The SMILES string of the molecule is CC1CCN(C(=O)c2ccc(N)c([N+](=O)[O-])c2)C1. The Morgan fingerprint density at radius 3 is 2.83 bits per heavy atom. The van der Waals surface area contributed by atoms with Crippen LogP contribution in [0.4, 0.5) is 11.4 Å². The fraction of sp³-hybridized carbons (Fsp3) is 0.417. The van der Waals surface area contributed by atoms with E-state index in [9.17, 15) is 14.9 Å². The van der Waals surface area contributed by atoms with Crippen molar-refractivity contribution in [3.8, 4) is 0 Å². The third-order valence-corrected chi connectivity index (χ3v) is 3.19. The molecule has 1 fully saturated rings. The quantitative estimate of drug-likeness (QED) is 0.490. The maximum absolute atomic E-state index is 12.1. The molecule has 2 rings (SSSR count). The van der Waals surface area contributed by atoms with Crippen molar-refractivity contribution in [1.82, 2.24) is 4.90 Å². The highest BCUT2D eigenvalue weighted by atomic mass is 16.6. The maximum Gasteiger partial charge on any atom is 0.292 e. The summed E-state index contributed by atoms with van der Waals surface area (Å²) in [5, 5.41) is 10.8. The van der Waals surface area contributed by atoms with Gasteiger partial charge >= 0.3 is 0 Å². The summed E-state index contributed by atoms with van der Waals surface area (Å²) < 4.78 is 0. The molecule has 96 valence electrons. The van der Waals surface area contributed by atoms with E-state index in [0.717, 1.165) is 6.42 Å². The van der Waals surface area contributed by atoms with E-state index < -0.39 is 4.92 Å². The van der Waals surface area contributed by atoms with Crippen LogP contribution in [0.15, 0.2) is 18.2 Å². The van der Waals surface area contributed by atoms with Crippen LogP contribution < -0.4 is 5.73 Å². The minimum atomic E-state index is -0.571. The van der Waals surface area contributed by atoms with E-state index in [1.807, 2.05) is 0 Å². The maximum atomic E-state index is 12.1. The Balaban J connectivity index is 2.26. The number of rotatable bonds is 2. The van der Waals surface area contributed by atoms with Gasteiger partial charge in [0.25, 0.3) is 11.6 Å². The van der Waals surface area contributed by atoms with Gasteiger partial charge in [0, 0.05) is 24.7 Å². The number of carbonyl (C=O) groups is 1. The monoisotopic (exact) mass is 249 g/mol. The van der Waals surface area contributed by atoms with Gasteiger partial charge < -0.3 is 10.6 Å². The molecular formula is C12H15N3O3. The number of nitrogens with two attached hydrogens (primary N) is 1. The molecule has 2 N–H and O–H groups in total. The molecule has 1 aromatic carbocycles. The number of carbonyl (C=O) groups excluding carboxylic acids is 1. The number of hydrogen-bond donors (Lipinski definition) is 1. The van der Waals surface area contributed by atoms with Crippen LogP contribution in [-0.4, -0.2) is 28.8 Å². The molecule has 0 aliphatic carbocycles. The summed E-state index contributed by atoms with van der Waals surface area (Å²) in [5.74, 6) is 0.320. The summed E-state index contributed by atoms with van der Waals surface area (Å²) in [6.07, 6.45) is 0.975. The second-order valence-electron chi connectivity index (χ2n) is 4.68. The van der Waals surface area contributed by atoms with Gasteiger partial charge in [-0.05, 0) is 24.5 Å². The third kappa shape index (κ3) is 2.27. The molecule has 0 spiro atoms. The lowest BCUT2D eigenvalue weighted by Crippen LogP contribution is -2.28. The van der Waals surface area contributed by atoms with Gasteiger partial charge in [-0.15, -0.1) is 0 Å². The molecule has 1 aliphatic heterocycles. The smallest absolute Gasteiger partial charge is 0.292 e. The van der Waals surface area contributed by atoms with Gasteiger partial charge in [-0.2, -0.15) is 0 Å². The number of hydrogen-bond acceptors (Lipinski definition) is 4. The zero-order valence-electron chi connectivity index (χ0n) is 10.1. The van der Waals surface area contributed by atoms with Crippen LogP contribution in [0.1, 0.15) is 23.7 Å². The average molecular weight is 249 g/mol. The fourth-order valence-electron chi connectivity index (χ4n) is 2.14. The van der Waals surface area contributed by atoms with E-state index >= 15 is 0 Å². The van der Waals surface area contributed by atoms with Gasteiger partial charge in [-0.25, -0.2) is 0 Å². The van der Waals surface area contributed by atoms with E-state index in [-0.39, 0.29) is 17.3 Å². The van der Waals surface area contributed by atoms with Crippen molar-refractivity contribution in [2.45, 2.75) is 13.3 Å². The standard InChI is InChI=1S/C12H15N3O3/c1-8-4-5-14(7-8)12(16)9-2-3-10(13)11(6-9)15(17)18/h2-3,6,8H,4-5,7,13H2,1H3. The van der Waals surface area contributed by atoms with Crippen molar-refractivity contribution in [3.05, 3.63) is 33.9 Å². The Morgan fingerprint density at radius 2 is 2.28 bits per heavy atom. The Bertz CT molecular complexity index is 501. The summed E-state index contributed by atoms with van der Waals surface area (Å²) in [6, 6.07) is 4.19. The van der Waals surface area contributed by atoms with Gasteiger partial charge in [0.1, 0.15) is 5.69 Å². The molecule has 1 atom stereocenters. The predicted octanol–water partition coefficient (Wildman–Crippen LogP) is 1.66. The molecule has 6 heteroatoms. The molecule has 1 unspecified atom stereocenters. The highest BCUT2D eigenvalue weighted by Crippen LogP contribution is 2.24. The first-order chi connectivity index (χ1) is 8.49. The van der Waals surface area contributed by atoms with Crippen LogP contribution in [0.3, 0.4) is 0 Å². The summed E-state index contributed by atoms with van der Waals surface area (Å²) in [4.78, 5) is 24.1. The van der Waals surface area contributed by atoms with Crippen LogP contribution in [0, 0.1) is 16.0 Å². The lowest BCUT2D eigenvalue weighted by Gasteiger charge is -2.15. The second kappa shape index (κ2) is 4.64. The number of benzene rings is 1. The number of likely N-dealkylation sites (tertiary alicyclic amines) is 1. The molecule has 1 amide bonds. The fourth-order valence-corrected chi connectivity index (χ4v) is 2.14. The van der Waals surface area contributed by atoms with Crippen LogP contribution in [0.25, 0.3) is 0 Å². The zero-order valence-corrected chi connectivity index (χ0v) is 10.1. The van der Waals surface area contributed by atoms with E-state index in [4.69, 9.17) is 5.73 Å². The van der Waals surface area contributed by atoms with Crippen LogP contribution in [0.5, 0.6) is 0 Å². The van der Waals surface area contributed by atoms with Crippen molar-refractivity contribution in [2.75, 3.05) is 18.8 Å². The Labute approximate surface area is 105 Å². The highest BCUT2D eigenvalue weighted by Gasteiger charge is 2.25. The second-order valence-corrected chi connectivity index (χ2v) is 4.68. The van der Waals surface area contributed by atoms with E-state index in [1.54, 1.807) is 4.90 Å². The predicted molar refractivity (Wildman–Crippen MR) is 67.2 cm³/mol. The first-order valence-electron chi connectivity index (χ1n) is 5.82. The molecule has 6 nitrogen and oxygen atoms in total. The largest absolute Gasteiger partial charge is 0.393 e. The molecule has 0 radical (unpaired) electrons. The molecule has 0 saturated carbocycles. The molecule has 1 aromatic rings. The van der Waals surface area contributed by atoms with Gasteiger partial charge in [-0.1, -0.05) is 6.92 Å². The Hall–Kier alpha value is -2.11. The third-order valence-electron chi connectivity index (χ3n) is 3.19. The molecule has 0 bridgehead atoms. The molecule has 0 aromatic heterocycles. The summed E-state index contributed by atoms with van der Waals surface area (Å²) >= 11 is 0. The van der Waals surface area contributed by atoms with Crippen LogP contribution >= 0.6 is 0 Å². The van der Waals surface area contributed by atoms with Gasteiger partial charge in [0.2, 0.25) is 0 Å². The summed E-state index contributed by atoms with van der Waals surface area (Å²) in [7, 11) is 0. The molecule has 18 heavy (non-hydrogen) atoms. The van der Waals surface area contributed by atoms with Crippen LogP contribution in [0.2, 0.25) is 0 Å². The van der Waals surface area contributed by atoms with E-state index in [0.29, 0.717) is 24.6 Å². The van der Waals surface area contributed by atoms with Crippen molar-refractivity contribution in [1.29, 1.82) is 0 Å². The van der Waals surface area contributed by atoms with Gasteiger partial charge in [0.05, 0.1) is 4.92 Å². The summed E-state index contributed by atoms with van der Waals surface area (Å²) in [5.41, 5.74) is 5.68. The number of amides is 1. The minimum absolute atomic E-state index is 0.0753. The highest BCUT2D eigenvalue weighted by molar-refractivity contribution is 5.95. The number of nitrogens with zero attached hydrogens (tertiary/aromatic N) is 2. The van der Waals surface area contributed by atoms with Crippen molar-refractivity contribution in [3.63, 3.8) is 0 Å². The van der Waals surface area contributed by atoms with Crippen LogP contribution in [-0.2, 0) is 0 Å². The van der Waals surface area contributed by atoms with Crippen molar-refractivity contribution in [2.24, 2.45) is 5.92 Å². The number of anilines is 1. The van der Waals surface area contributed by atoms with Gasteiger partial charge in [-0.3, -0.25) is 14.9 Å².